The minimum absolute atomic E-state index is 0.0388. The van der Waals surface area contributed by atoms with E-state index in [9.17, 15) is 0 Å². The van der Waals surface area contributed by atoms with E-state index in [1.807, 2.05) is 18.2 Å². The average Bonchev–Trinajstić information content (AvgIpc) is 3.08. The van der Waals surface area contributed by atoms with E-state index in [0.717, 1.165) is 15.6 Å². The van der Waals surface area contributed by atoms with Crippen LogP contribution < -0.4 is 0 Å². The third-order valence-electron chi connectivity index (χ3n) is 8.09. The van der Waals surface area contributed by atoms with Crippen molar-refractivity contribution in [3.05, 3.63) is 53.9 Å². The van der Waals surface area contributed by atoms with Gasteiger partial charge in [-0.25, -0.2) is 0 Å². The standard InChI is InChI=1S/C20H7BrCl12/c21-4-1-2-5-6(3-4)8-10(18(29)14(25)12(23)16(8,27)20(18,32)33)9-7(5)15(26)11(22)13(24)17(9,28)19(15,30)31/h1-3,7-10H. The van der Waals surface area contributed by atoms with Gasteiger partial charge >= 0.3 is 0 Å². The zero-order valence-electron chi connectivity index (χ0n) is 15.5. The molecule has 1 aromatic carbocycles. The predicted octanol–water partition coefficient (Wildman–Crippen LogP) is 10.6. The highest BCUT2D eigenvalue weighted by Gasteiger charge is 2.91. The first-order valence-corrected chi connectivity index (χ1v) is 14.8. The van der Waals surface area contributed by atoms with E-state index < -0.39 is 51.8 Å². The predicted molar refractivity (Wildman–Crippen MR) is 147 cm³/mol. The minimum atomic E-state index is -1.82. The molecule has 0 N–H and O–H groups in total. The van der Waals surface area contributed by atoms with Gasteiger partial charge in [0.1, 0.15) is 19.5 Å². The molecule has 33 heavy (non-hydrogen) atoms. The normalized spacial score (nSPS) is 50.1. The number of rotatable bonds is 0. The summed E-state index contributed by atoms with van der Waals surface area (Å²) in [6.45, 7) is 0. The van der Waals surface area contributed by atoms with Crippen LogP contribution in [0, 0.1) is 11.8 Å². The third kappa shape index (κ3) is 2.27. The summed E-state index contributed by atoms with van der Waals surface area (Å²) < 4.78 is -2.86. The van der Waals surface area contributed by atoms with Crippen molar-refractivity contribution >= 4 is 155 Å². The highest BCUT2D eigenvalue weighted by atomic mass is 79.9. The summed E-state index contributed by atoms with van der Waals surface area (Å²) in [4.78, 5) is -6.42. The Hall–Kier alpha value is 2.66. The SMILES string of the molecule is ClC1=C(Cl)C2(Cl)C3C(c4ccc(Br)cc4C4C3C3(Cl)C(Cl)=C(Cl)C4(Cl)C3(Cl)Cl)C1(Cl)C2(Cl)Cl. The number of alkyl halides is 8. The fourth-order valence-electron chi connectivity index (χ4n) is 6.87. The fourth-order valence-corrected chi connectivity index (χ4v) is 13.3. The highest BCUT2D eigenvalue weighted by Crippen LogP contribution is 2.88. The Balaban J connectivity index is 1.79. The van der Waals surface area contributed by atoms with E-state index in [1.54, 1.807) is 0 Å². The van der Waals surface area contributed by atoms with Crippen molar-refractivity contribution < 1.29 is 0 Å². The van der Waals surface area contributed by atoms with Crippen LogP contribution in [0.3, 0.4) is 0 Å². The van der Waals surface area contributed by atoms with Gasteiger partial charge in [-0.2, -0.15) is 0 Å². The molecular weight excluding hydrogens is 746 g/mol. The van der Waals surface area contributed by atoms with Crippen LogP contribution in [0.15, 0.2) is 42.8 Å². The monoisotopic (exact) mass is 746 g/mol. The van der Waals surface area contributed by atoms with Gasteiger partial charge in [-0.3, -0.25) is 0 Å². The fraction of sp³-hybridized carbons (Fsp3) is 0.500. The van der Waals surface area contributed by atoms with E-state index >= 15 is 0 Å². The maximum atomic E-state index is 7.28. The second-order valence-electron chi connectivity index (χ2n) is 9.03. The molecule has 13 heteroatoms. The Labute approximate surface area is 258 Å². The molecule has 6 rings (SSSR count). The summed E-state index contributed by atoms with van der Waals surface area (Å²) in [5.41, 5.74) is 1.53. The van der Waals surface area contributed by atoms with Gasteiger partial charge < -0.3 is 0 Å². The van der Waals surface area contributed by atoms with Crippen LogP contribution in [0.1, 0.15) is 23.0 Å². The quantitative estimate of drug-likeness (QED) is 0.232. The second-order valence-corrected chi connectivity index (χ2v) is 16.5. The molecule has 1 aromatic rings. The lowest BCUT2D eigenvalue weighted by Gasteiger charge is -2.52. The molecule has 2 saturated carbocycles. The first-order chi connectivity index (χ1) is 15.0. The molecule has 0 heterocycles. The van der Waals surface area contributed by atoms with Gasteiger partial charge in [0.15, 0.2) is 8.67 Å². The number of hydrogen-bond acceptors (Lipinski definition) is 0. The molecule has 0 radical (unpaired) electrons. The Morgan fingerprint density at radius 1 is 0.545 bits per heavy atom. The zero-order valence-corrected chi connectivity index (χ0v) is 26.1. The van der Waals surface area contributed by atoms with Crippen molar-refractivity contribution in [1.29, 1.82) is 0 Å². The second kappa shape index (κ2) is 7.04. The maximum absolute atomic E-state index is 7.28. The summed E-state index contributed by atoms with van der Waals surface area (Å²) in [5, 5.41) is 0.233. The third-order valence-corrected chi connectivity index (χ3v) is 17.1. The van der Waals surface area contributed by atoms with Crippen molar-refractivity contribution in [1.82, 2.24) is 0 Å². The summed E-state index contributed by atoms with van der Waals surface area (Å²) in [6.07, 6.45) is 0. The molecule has 8 atom stereocenters. The lowest BCUT2D eigenvalue weighted by molar-refractivity contribution is 0.201. The van der Waals surface area contributed by atoms with E-state index in [0.29, 0.717) is 0 Å². The van der Waals surface area contributed by atoms with Gasteiger partial charge in [0.2, 0.25) is 0 Å². The Morgan fingerprint density at radius 2 is 0.909 bits per heavy atom. The highest BCUT2D eigenvalue weighted by molar-refractivity contribution is 9.10. The summed E-state index contributed by atoms with van der Waals surface area (Å²) in [5.74, 6) is -2.65. The van der Waals surface area contributed by atoms with Crippen LogP contribution in [0.4, 0.5) is 0 Å². The van der Waals surface area contributed by atoms with E-state index in [2.05, 4.69) is 15.9 Å². The first kappa shape index (κ1) is 25.9. The molecule has 5 aliphatic rings. The van der Waals surface area contributed by atoms with Gasteiger partial charge in [0.25, 0.3) is 0 Å². The summed E-state index contributed by atoms with van der Waals surface area (Å²) in [6, 6.07) is 5.64. The molecule has 178 valence electrons. The average molecular weight is 753 g/mol. The minimum Gasteiger partial charge on any atom is -0.109 e. The lowest BCUT2D eigenvalue weighted by atomic mass is 9.57. The van der Waals surface area contributed by atoms with Crippen molar-refractivity contribution in [3.63, 3.8) is 0 Å². The molecule has 4 bridgehead atoms. The molecule has 8 unspecified atom stereocenters. The molecule has 0 aliphatic heterocycles. The first-order valence-electron chi connectivity index (χ1n) is 9.43. The molecular formula is C20H7BrCl12. The van der Waals surface area contributed by atoms with Crippen molar-refractivity contribution in [2.75, 3.05) is 0 Å². The van der Waals surface area contributed by atoms with Gasteiger partial charge in [-0.1, -0.05) is 115 Å². The lowest BCUT2D eigenvalue weighted by Crippen LogP contribution is -2.53. The smallest absolute Gasteiger partial charge is 0.109 e. The van der Waals surface area contributed by atoms with Crippen molar-refractivity contribution in [2.45, 2.75) is 40.0 Å². The van der Waals surface area contributed by atoms with Crippen LogP contribution >= 0.6 is 155 Å². The Kier molecular flexibility index (Phi) is 5.53. The molecule has 0 saturated heterocycles. The summed E-state index contributed by atoms with van der Waals surface area (Å²) >= 11 is 87.1. The van der Waals surface area contributed by atoms with Crippen molar-refractivity contribution in [2.24, 2.45) is 11.8 Å². The maximum Gasteiger partial charge on any atom is 0.167 e. The van der Waals surface area contributed by atoms with Crippen LogP contribution in [0.25, 0.3) is 0 Å². The number of benzene rings is 1. The number of halogens is 13. The van der Waals surface area contributed by atoms with E-state index in [4.69, 9.17) is 139 Å². The molecule has 0 spiro atoms. The van der Waals surface area contributed by atoms with Gasteiger partial charge in [0, 0.05) is 28.1 Å². The summed E-state index contributed by atoms with van der Waals surface area (Å²) in [7, 11) is 0. The van der Waals surface area contributed by atoms with Crippen molar-refractivity contribution in [3.8, 4) is 0 Å². The Bertz CT molecular complexity index is 1240. The Morgan fingerprint density at radius 3 is 1.33 bits per heavy atom. The van der Waals surface area contributed by atoms with Gasteiger partial charge in [0.05, 0.1) is 20.1 Å². The molecule has 0 aromatic heterocycles. The molecule has 0 amide bonds. The number of fused-ring (bicyclic) bond motifs is 14. The molecule has 5 aliphatic carbocycles. The number of hydrogen-bond donors (Lipinski definition) is 0. The molecule has 2 fully saturated rings. The largest absolute Gasteiger partial charge is 0.167 e. The molecule has 0 nitrogen and oxygen atoms in total. The van der Waals surface area contributed by atoms with E-state index in [-0.39, 0.29) is 20.1 Å². The van der Waals surface area contributed by atoms with Crippen LogP contribution in [0.5, 0.6) is 0 Å². The zero-order chi connectivity index (χ0) is 24.5. The van der Waals surface area contributed by atoms with Crippen LogP contribution in [0.2, 0.25) is 0 Å². The van der Waals surface area contributed by atoms with Gasteiger partial charge in [-0.05, 0) is 23.3 Å². The van der Waals surface area contributed by atoms with Crippen LogP contribution in [-0.2, 0) is 0 Å². The van der Waals surface area contributed by atoms with Gasteiger partial charge in [-0.15, -0.1) is 46.4 Å². The number of allylic oxidation sites excluding steroid dienone is 4. The van der Waals surface area contributed by atoms with Crippen LogP contribution in [-0.4, -0.2) is 28.2 Å². The topological polar surface area (TPSA) is 0 Å². The van der Waals surface area contributed by atoms with E-state index in [1.165, 1.54) is 0 Å².